The molecular formula is C15H22O3S. The highest BCUT2D eigenvalue weighted by Gasteiger charge is 2.18. The van der Waals surface area contributed by atoms with Crippen LogP contribution in [0, 0.1) is 13.8 Å². The molecule has 1 aromatic rings. The highest BCUT2D eigenvalue weighted by molar-refractivity contribution is 7.92. The Morgan fingerprint density at radius 3 is 2.42 bits per heavy atom. The minimum atomic E-state index is -3.28. The van der Waals surface area contributed by atoms with E-state index < -0.39 is 9.84 Å². The van der Waals surface area contributed by atoms with Gasteiger partial charge in [0, 0.05) is 5.56 Å². The number of aryl methyl sites for hydroxylation is 2. The summed E-state index contributed by atoms with van der Waals surface area (Å²) in [6.45, 7) is 5.81. The van der Waals surface area contributed by atoms with E-state index in [9.17, 15) is 13.2 Å². The SMILES string of the molecule is CCCCCS(=O)(=O)CC(=O)c1ccc(C)cc1C. The minimum absolute atomic E-state index is 0.109. The van der Waals surface area contributed by atoms with Crippen LogP contribution in [0.5, 0.6) is 0 Å². The molecule has 0 aromatic heterocycles. The quantitative estimate of drug-likeness (QED) is 0.570. The fourth-order valence-corrected chi connectivity index (χ4v) is 3.39. The lowest BCUT2D eigenvalue weighted by molar-refractivity contribution is 0.102. The van der Waals surface area contributed by atoms with Gasteiger partial charge in [-0.2, -0.15) is 0 Å². The highest BCUT2D eigenvalue weighted by Crippen LogP contribution is 2.13. The second kappa shape index (κ2) is 6.85. The standard InChI is InChI=1S/C15H22O3S/c1-4-5-6-9-19(17,18)11-15(16)14-8-7-12(2)10-13(14)3/h7-8,10H,4-6,9,11H2,1-3H3. The summed E-state index contributed by atoms with van der Waals surface area (Å²) in [5.74, 6) is -0.563. The van der Waals surface area contributed by atoms with Crippen molar-refractivity contribution in [1.29, 1.82) is 0 Å². The van der Waals surface area contributed by atoms with Crippen molar-refractivity contribution in [3.8, 4) is 0 Å². The number of ketones is 1. The molecule has 0 aliphatic carbocycles. The van der Waals surface area contributed by atoms with Gasteiger partial charge in [-0.1, -0.05) is 43.5 Å². The van der Waals surface area contributed by atoms with Gasteiger partial charge in [0.1, 0.15) is 5.75 Å². The summed E-state index contributed by atoms with van der Waals surface area (Å²) in [5, 5.41) is 0. The van der Waals surface area contributed by atoms with Crippen molar-refractivity contribution in [2.24, 2.45) is 0 Å². The Kier molecular flexibility index (Phi) is 5.73. The van der Waals surface area contributed by atoms with Gasteiger partial charge in [0.25, 0.3) is 0 Å². The van der Waals surface area contributed by atoms with E-state index in [2.05, 4.69) is 0 Å². The molecule has 0 amide bonds. The molecule has 0 saturated heterocycles. The van der Waals surface area contributed by atoms with Gasteiger partial charge in [-0.05, 0) is 25.8 Å². The molecule has 1 rings (SSSR count). The predicted molar refractivity (Wildman–Crippen MR) is 78.4 cm³/mol. The van der Waals surface area contributed by atoms with Crippen LogP contribution in [0.2, 0.25) is 0 Å². The Morgan fingerprint density at radius 2 is 1.84 bits per heavy atom. The molecule has 0 bridgehead atoms. The zero-order valence-corrected chi connectivity index (χ0v) is 12.7. The Hall–Kier alpha value is -1.16. The summed E-state index contributed by atoms with van der Waals surface area (Å²) in [5.41, 5.74) is 2.43. The lowest BCUT2D eigenvalue weighted by Gasteiger charge is -2.07. The molecular weight excluding hydrogens is 260 g/mol. The maximum atomic E-state index is 12.0. The van der Waals surface area contributed by atoms with E-state index in [0.29, 0.717) is 12.0 Å². The fourth-order valence-electron chi connectivity index (χ4n) is 2.05. The monoisotopic (exact) mass is 282 g/mol. The molecule has 0 atom stereocenters. The van der Waals surface area contributed by atoms with Crippen LogP contribution in [0.3, 0.4) is 0 Å². The number of carbonyl (C=O) groups is 1. The third kappa shape index (κ3) is 5.15. The molecule has 0 aliphatic rings. The lowest BCUT2D eigenvalue weighted by Crippen LogP contribution is -2.19. The van der Waals surface area contributed by atoms with E-state index in [1.165, 1.54) is 0 Å². The Bertz CT molecular complexity index is 545. The number of benzene rings is 1. The summed E-state index contributed by atoms with van der Waals surface area (Å²) in [4.78, 5) is 12.0. The molecule has 0 saturated carbocycles. The van der Waals surface area contributed by atoms with Crippen LogP contribution in [-0.4, -0.2) is 25.7 Å². The van der Waals surface area contributed by atoms with E-state index in [1.807, 2.05) is 32.9 Å². The Morgan fingerprint density at radius 1 is 1.16 bits per heavy atom. The molecule has 0 N–H and O–H groups in total. The molecule has 106 valence electrons. The molecule has 0 aliphatic heterocycles. The molecule has 0 fully saturated rings. The first-order valence-electron chi connectivity index (χ1n) is 6.66. The van der Waals surface area contributed by atoms with Gasteiger partial charge in [0.15, 0.2) is 15.6 Å². The summed E-state index contributed by atoms with van der Waals surface area (Å²) in [7, 11) is -3.28. The molecule has 0 heterocycles. The van der Waals surface area contributed by atoms with Crippen molar-refractivity contribution in [2.75, 3.05) is 11.5 Å². The molecule has 4 heteroatoms. The average molecular weight is 282 g/mol. The van der Waals surface area contributed by atoms with E-state index in [4.69, 9.17) is 0 Å². The number of unbranched alkanes of at least 4 members (excludes halogenated alkanes) is 2. The largest absolute Gasteiger partial charge is 0.293 e. The number of hydrogen-bond acceptors (Lipinski definition) is 3. The fraction of sp³-hybridized carbons (Fsp3) is 0.533. The van der Waals surface area contributed by atoms with Crippen LogP contribution >= 0.6 is 0 Å². The first-order chi connectivity index (χ1) is 8.85. The summed E-state index contributed by atoms with van der Waals surface area (Å²) >= 11 is 0. The number of sulfone groups is 1. The smallest absolute Gasteiger partial charge is 0.178 e. The van der Waals surface area contributed by atoms with Crippen LogP contribution in [0.4, 0.5) is 0 Å². The molecule has 3 nitrogen and oxygen atoms in total. The van der Waals surface area contributed by atoms with Crippen LogP contribution in [0.15, 0.2) is 18.2 Å². The maximum Gasteiger partial charge on any atom is 0.178 e. The van der Waals surface area contributed by atoms with Gasteiger partial charge < -0.3 is 0 Å². The number of hydrogen-bond donors (Lipinski definition) is 0. The van der Waals surface area contributed by atoms with Crippen LogP contribution in [0.25, 0.3) is 0 Å². The van der Waals surface area contributed by atoms with Gasteiger partial charge in [-0.3, -0.25) is 4.79 Å². The van der Waals surface area contributed by atoms with Gasteiger partial charge in [0.2, 0.25) is 0 Å². The zero-order valence-electron chi connectivity index (χ0n) is 11.9. The van der Waals surface area contributed by atoms with Crippen molar-refractivity contribution in [2.45, 2.75) is 40.0 Å². The first-order valence-corrected chi connectivity index (χ1v) is 8.48. The van der Waals surface area contributed by atoms with Crippen molar-refractivity contribution in [3.63, 3.8) is 0 Å². The summed E-state index contributed by atoms with van der Waals surface area (Å²) in [6.07, 6.45) is 2.50. The van der Waals surface area contributed by atoms with Crippen molar-refractivity contribution < 1.29 is 13.2 Å². The van der Waals surface area contributed by atoms with Gasteiger partial charge in [-0.25, -0.2) is 8.42 Å². The minimum Gasteiger partial charge on any atom is -0.293 e. The van der Waals surface area contributed by atoms with Crippen molar-refractivity contribution in [1.82, 2.24) is 0 Å². The first kappa shape index (κ1) is 15.9. The van der Waals surface area contributed by atoms with E-state index in [1.54, 1.807) is 6.07 Å². The second-order valence-corrected chi connectivity index (χ2v) is 7.22. The van der Waals surface area contributed by atoms with Crippen LogP contribution in [-0.2, 0) is 9.84 Å². The third-order valence-electron chi connectivity index (χ3n) is 3.09. The van der Waals surface area contributed by atoms with E-state index >= 15 is 0 Å². The normalized spacial score (nSPS) is 11.5. The molecule has 19 heavy (non-hydrogen) atoms. The van der Waals surface area contributed by atoms with Crippen LogP contribution in [0.1, 0.15) is 47.7 Å². The summed E-state index contributed by atoms with van der Waals surface area (Å²) in [6, 6.07) is 5.45. The maximum absolute atomic E-state index is 12.0. The second-order valence-electron chi connectivity index (χ2n) is 5.04. The number of Topliss-reactive ketones (excluding diaryl/α,β-unsaturated/α-hetero) is 1. The Balaban J connectivity index is 2.73. The lowest BCUT2D eigenvalue weighted by atomic mass is 10.0. The molecule has 0 unspecified atom stereocenters. The molecule has 0 spiro atoms. The predicted octanol–water partition coefficient (Wildman–Crippen LogP) is 3.09. The Labute approximate surface area is 116 Å². The van der Waals surface area contributed by atoms with E-state index in [-0.39, 0.29) is 17.3 Å². The zero-order chi connectivity index (χ0) is 14.5. The van der Waals surface area contributed by atoms with Crippen molar-refractivity contribution >= 4 is 15.6 Å². The van der Waals surface area contributed by atoms with Gasteiger partial charge >= 0.3 is 0 Å². The van der Waals surface area contributed by atoms with Crippen molar-refractivity contribution in [3.05, 3.63) is 34.9 Å². The van der Waals surface area contributed by atoms with E-state index in [0.717, 1.165) is 24.0 Å². The summed E-state index contributed by atoms with van der Waals surface area (Å²) < 4.78 is 23.7. The molecule has 0 radical (unpaired) electrons. The number of carbonyl (C=O) groups excluding carboxylic acids is 1. The molecule has 1 aromatic carbocycles. The van der Waals surface area contributed by atoms with Gasteiger partial charge in [-0.15, -0.1) is 0 Å². The highest BCUT2D eigenvalue weighted by atomic mass is 32.2. The van der Waals surface area contributed by atoms with Crippen LogP contribution < -0.4 is 0 Å². The average Bonchev–Trinajstić information content (AvgIpc) is 2.28. The van der Waals surface area contributed by atoms with Gasteiger partial charge in [0.05, 0.1) is 5.75 Å². The topological polar surface area (TPSA) is 51.2 Å². The third-order valence-corrected chi connectivity index (χ3v) is 4.70. The number of rotatable bonds is 7.